The number of anilines is 1. The predicted molar refractivity (Wildman–Crippen MR) is 116 cm³/mol. The number of carbonyl (C=O) groups is 4. The minimum atomic E-state index is -0.567. The van der Waals surface area contributed by atoms with Crippen molar-refractivity contribution in [3.8, 4) is 5.75 Å². The van der Waals surface area contributed by atoms with E-state index in [9.17, 15) is 19.2 Å². The van der Waals surface area contributed by atoms with E-state index in [2.05, 4.69) is 4.99 Å². The average molecular weight is 453 g/mol. The van der Waals surface area contributed by atoms with Gasteiger partial charge in [0.15, 0.2) is 4.80 Å². The molecule has 164 valence electrons. The molecule has 0 bridgehead atoms. The topological polar surface area (TPSA) is 107 Å². The zero-order valence-electron chi connectivity index (χ0n) is 17.4. The standard InChI is InChI=1S/C22H19N3O6S/c1-30-15-6-7-16-17(11-15)32-22(24(16)12-20(28)31-2)23-21(29)13-4-3-5-14(10-13)25-18(26)8-9-19(25)27/h3-7,10-11H,8-9,12H2,1-2H3. The second kappa shape index (κ2) is 8.75. The maximum atomic E-state index is 12.9. The van der Waals surface area contributed by atoms with E-state index in [1.807, 2.05) is 0 Å². The molecule has 0 unspecified atom stereocenters. The van der Waals surface area contributed by atoms with Crippen molar-refractivity contribution in [3.05, 3.63) is 52.8 Å². The minimum Gasteiger partial charge on any atom is -0.497 e. The van der Waals surface area contributed by atoms with Crippen LogP contribution in [-0.4, -0.2) is 42.5 Å². The molecule has 1 aliphatic rings. The van der Waals surface area contributed by atoms with Crippen molar-refractivity contribution in [2.24, 2.45) is 4.99 Å². The third-order valence-electron chi connectivity index (χ3n) is 5.00. The highest BCUT2D eigenvalue weighted by molar-refractivity contribution is 7.16. The highest BCUT2D eigenvalue weighted by atomic mass is 32.1. The molecule has 1 aromatic heterocycles. The second-order valence-electron chi connectivity index (χ2n) is 6.97. The van der Waals surface area contributed by atoms with E-state index < -0.39 is 11.9 Å². The fourth-order valence-corrected chi connectivity index (χ4v) is 4.46. The molecular weight excluding hydrogens is 434 g/mol. The number of benzene rings is 2. The second-order valence-corrected chi connectivity index (χ2v) is 7.98. The van der Waals surface area contributed by atoms with Gasteiger partial charge in [-0.05, 0) is 36.4 Å². The van der Waals surface area contributed by atoms with Gasteiger partial charge in [0.05, 0.1) is 30.1 Å². The summed E-state index contributed by atoms with van der Waals surface area (Å²) in [5.41, 5.74) is 1.26. The smallest absolute Gasteiger partial charge is 0.325 e. The fraction of sp³-hybridized carbons (Fsp3) is 0.227. The first-order valence-corrected chi connectivity index (χ1v) is 10.5. The molecule has 3 aromatic rings. The van der Waals surface area contributed by atoms with Crippen LogP contribution in [0.4, 0.5) is 5.69 Å². The number of imide groups is 1. The molecular formula is C22H19N3O6S. The molecule has 1 aliphatic heterocycles. The number of aromatic nitrogens is 1. The molecule has 1 fully saturated rings. The molecule has 10 heteroatoms. The number of carbonyl (C=O) groups excluding carboxylic acids is 4. The van der Waals surface area contributed by atoms with Gasteiger partial charge in [-0.3, -0.25) is 24.1 Å². The monoisotopic (exact) mass is 453 g/mol. The van der Waals surface area contributed by atoms with Gasteiger partial charge in [0.1, 0.15) is 12.3 Å². The summed E-state index contributed by atoms with van der Waals surface area (Å²) in [4.78, 5) is 54.6. The lowest BCUT2D eigenvalue weighted by Gasteiger charge is -2.14. The maximum Gasteiger partial charge on any atom is 0.325 e. The van der Waals surface area contributed by atoms with Crippen molar-refractivity contribution >= 4 is 50.9 Å². The van der Waals surface area contributed by atoms with Gasteiger partial charge in [0.25, 0.3) is 5.91 Å². The Bertz CT molecular complexity index is 1310. The SMILES string of the molecule is COC(=O)Cn1c(=NC(=O)c2cccc(N3C(=O)CCC3=O)c2)sc2cc(OC)ccc21. The van der Waals surface area contributed by atoms with Crippen LogP contribution in [0.15, 0.2) is 47.5 Å². The van der Waals surface area contributed by atoms with E-state index in [-0.39, 0.29) is 36.8 Å². The summed E-state index contributed by atoms with van der Waals surface area (Å²) in [5.74, 6) is -1.02. The van der Waals surface area contributed by atoms with Crippen LogP contribution in [0.1, 0.15) is 23.2 Å². The van der Waals surface area contributed by atoms with E-state index in [4.69, 9.17) is 9.47 Å². The van der Waals surface area contributed by atoms with Crippen LogP contribution in [0, 0.1) is 0 Å². The van der Waals surface area contributed by atoms with E-state index in [0.717, 1.165) is 9.60 Å². The van der Waals surface area contributed by atoms with Gasteiger partial charge < -0.3 is 14.0 Å². The Kier molecular flexibility index (Phi) is 5.87. The highest BCUT2D eigenvalue weighted by Gasteiger charge is 2.30. The van der Waals surface area contributed by atoms with Crippen molar-refractivity contribution in [3.63, 3.8) is 0 Å². The molecule has 0 radical (unpaired) electrons. The van der Waals surface area contributed by atoms with Crippen LogP contribution < -0.4 is 14.4 Å². The number of thiazole rings is 1. The average Bonchev–Trinajstić information content (AvgIpc) is 3.31. The van der Waals surface area contributed by atoms with Gasteiger partial charge >= 0.3 is 5.97 Å². The summed E-state index contributed by atoms with van der Waals surface area (Å²) in [6.45, 7) is -0.119. The number of amides is 3. The van der Waals surface area contributed by atoms with E-state index in [1.54, 1.807) is 48.1 Å². The Hall–Kier alpha value is -3.79. The van der Waals surface area contributed by atoms with Crippen molar-refractivity contribution in [1.29, 1.82) is 0 Å². The molecule has 9 nitrogen and oxygen atoms in total. The number of rotatable bonds is 5. The Balaban J connectivity index is 1.77. The number of methoxy groups -OCH3 is 2. The number of hydrogen-bond donors (Lipinski definition) is 0. The first-order valence-electron chi connectivity index (χ1n) is 9.70. The number of esters is 1. The zero-order valence-corrected chi connectivity index (χ0v) is 18.2. The number of ether oxygens (including phenoxy) is 2. The first-order chi connectivity index (χ1) is 15.4. The normalized spacial score (nSPS) is 14.3. The Morgan fingerprint density at radius 2 is 1.81 bits per heavy atom. The molecule has 4 rings (SSSR count). The fourth-order valence-electron chi connectivity index (χ4n) is 3.41. The van der Waals surface area contributed by atoms with Crippen molar-refractivity contribution in [2.75, 3.05) is 19.1 Å². The number of hydrogen-bond acceptors (Lipinski definition) is 7. The lowest BCUT2D eigenvalue weighted by molar-refractivity contribution is -0.141. The lowest BCUT2D eigenvalue weighted by atomic mass is 10.2. The summed E-state index contributed by atoms with van der Waals surface area (Å²) in [6.07, 6.45) is 0.306. The molecule has 1 saturated heterocycles. The maximum absolute atomic E-state index is 12.9. The van der Waals surface area contributed by atoms with Gasteiger partial charge in [-0.2, -0.15) is 4.99 Å². The van der Waals surface area contributed by atoms with E-state index >= 15 is 0 Å². The van der Waals surface area contributed by atoms with Crippen LogP contribution in [0.25, 0.3) is 10.2 Å². The zero-order chi connectivity index (χ0) is 22.8. The van der Waals surface area contributed by atoms with Crippen LogP contribution in [-0.2, 0) is 25.7 Å². The third kappa shape index (κ3) is 4.04. The van der Waals surface area contributed by atoms with Crippen molar-refractivity contribution in [1.82, 2.24) is 4.57 Å². The van der Waals surface area contributed by atoms with Gasteiger partial charge in [-0.15, -0.1) is 0 Å². The van der Waals surface area contributed by atoms with Gasteiger partial charge in [-0.25, -0.2) is 0 Å². The number of nitrogens with zero attached hydrogens (tertiary/aromatic N) is 3. The molecule has 0 spiro atoms. The molecule has 3 amide bonds. The van der Waals surface area contributed by atoms with Crippen molar-refractivity contribution < 1.29 is 28.7 Å². The third-order valence-corrected chi connectivity index (χ3v) is 6.05. The lowest BCUT2D eigenvalue weighted by Crippen LogP contribution is -2.28. The molecule has 32 heavy (non-hydrogen) atoms. The minimum absolute atomic E-state index is 0.119. The molecule has 0 saturated carbocycles. The van der Waals surface area contributed by atoms with Crippen molar-refractivity contribution in [2.45, 2.75) is 19.4 Å². The molecule has 2 aromatic carbocycles. The van der Waals surface area contributed by atoms with E-state index in [0.29, 0.717) is 21.8 Å². The summed E-state index contributed by atoms with van der Waals surface area (Å²) in [6, 6.07) is 11.5. The first kappa shape index (κ1) is 21.4. The van der Waals surface area contributed by atoms with Gasteiger partial charge in [0.2, 0.25) is 11.8 Å². The Labute approximate surface area is 186 Å². The summed E-state index contributed by atoms with van der Waals surface area (Å²) in [5, 5.41) is 0. The molecule has 0 N–H and O–H groups in total. The van der Waals surface area contributed by atoms with Crippen LogP contribution >= 0.6 is 11.3 Å². The largest absolute Gasteiger partial charge is 0.497 e. The van der Waals surface area contributed by atoms with Crippen LogP contribution in [0.2, 0.25) is 0 Å². The summed E-state index contributed by atoms with van der Waals surface area (Å²) < 4.78 is 12.4. The molecule has 2 heterocycles. The van der Waals surface area contributed by atoms with Gasteiger partial charge in [-0.1, -0.05) is 17.4 Å². The summed E-state index contributed by atoms with van der Waals surface area (Å²) >= 11 is 1.23. The number of fused-ring (bicyclic) bond motifs is 1. The Morgan fingerprint density at radius 3 is 2.50 bits per heavy atom. The predicted octanol–water partition coefficient (Wildman–Crippen LogP) is 2.28. The van der Waals surface area contributed by atoms with Crippen LogP contribution in [0.3, 0.4) is 0 Å². The summed E-state index contributed by atoms with van der Waals surface area (Å²) in [7, 11) is 2.84. The van der Waals surface area contributed by atoms with Gasteiger partial charge in [0, 0.05) is 18.4 Å². The van der Waals surface area contributed by atoms with E-state index in [1.165, 1.54) is 24.5 Å². The Morgan fingerprint density at radius 1 is 1.06 bits per heavy atom. The molecule has 0 aliphatic carbocycles. The van der Waals surface area contributed by atoms with Crippen LogP contribution in [0.5, 0.6) is 5.75 Å². The quantitative estimate of drug-likeness (QED) is 0.433. The highest BCUT2D eigenvalue weighted by Crippen LogP contribution is 2.25. The molecule has 0 atom stereocenters.